The summed E-state index contributed by atoms with van der Waals surface area (Å²) in [6.07, 6.45) is 1.82. The van der Waals surface area contributed by atoms with Gasteiger partial charge in [-0.15, -0.1) is 0 Å². The first kappa shape index (κ1) is 18.9. The maximum Gasteiger partial charge on any atom is 0.326 e. The molecule has 0 aromatic heterocycles. The minimum atomic E-state index is -3.32. The highest BCUT2D eigenvalue weighted by atomic mass is 32.2. The summed E-state index contributed by atoms with van der Waals surface area (Å²) in [6.45, 7) is 5.77. The van der Waals surface area contributed by atoms with E-state index in [2.05, 4.69) is 5.32 Å². The Hall–Kier alpha value is -1.15. The van der Waals surface area contributed by atoms with Crippen molar-refractivity contribution in [3.05, 3.63) is 0 Å². The highest BCUT2D eigenvalue weighted by Gasteiger charge is 2.34. The molecule has 2 N–H and O–H groups in total. The van der Waals surface area contributed by atoms with Gasteiger partial charge in [-0.05, 0) is 25.7 Å². The molecule has 3 unspecified atom stereocenters. The molecule has 7 nitrogen and oxygen atoms in total. The summed E-state index contributed by atoms with van der Waals surface area (Å²) in [4.78, 5) is 23.6. The van der Waals surface area contributed by atoms with E-state index in [9.17, 15) is 23.1 Å². The topological polar surface area (TPSA) is 104 Å². The monoisotopic (exact) mass is 334 g/mol. The summed E-state index contributed by atoms with van der Waals surface area (Å²) >= 11 is 0. The van der Waals surface area contributed by atoms with Gasteiger partial charge in [0.1, 0.15) is 6.04 Å². The lowest BCUT2D eigenvalue weighted by Gasteiger charge is -2.32. The summed E-state index contributed by atoms with van der Waals surface area (Å²) in [5.74, 6) is -2.09. The number of carbonyl (C=O) groups is 2. The first-order chi connectivity index (χ1) is 10.2. The first-order valence-corrected chi connectivity index (χ1v) is 9.34. The van der Waals surface area contributed by atoms with Gasteiger partial charge < -0.3 is 10.4 Å². The van der Waals surface area contributed by atoms with Crippen molar-refractivity contribution in [1.29, 1.82) is 0 Å². The lowest BCUT2D eigenvalue weighted by Crippen LogP contribution is -2.51. The summed E-state index contributed by atoms with van der Waals surface area (Å²) in [7, 11) is -3.32. The van der Waals surface area contributed by atoms with E-state index in [1.807, 2.05) is 6.92 Å². The zero-order valence-corrected chi connectivity index (χ0v) is 14.2. The van der Waals surface area contributed by atoms with Gasteiger partial charge in [0.2, 0.25) is 15.9 Å². The van der Waals surface area contributed by atoms with Crippen LogP contribution in [0.15, 0.2) is 0 Å². The van der Waals surface area contributed by atoms with Crippen molar-refractivity contribution in [2.75, 3.05) is 18.8 Å². The van der Waals surface area contributed by atoms with Crippen LogP contribution in [0.4, 0.5) is 0 Å². The van der Waals surface area contributed by atoms with E-state index >= 15 is 0 Å². The summed E-state index contributed by atoms with van der Waals surface area (Å²) < 4.78 is 25.1. The molecular weight excluding hydrogens is 308 g/mol. The molecule has 22 heavy (non-hydrogen) atoms. The largest absolute Gasteiger partial charge is 0.480 e. The maximum absolute atomic E-state index is 12.3. The van der Waals surface area contributed by atoms with E-state index in [0.29, 0.717) is 25.8 Å². The Bertz CT molecular complexity index is 505. The molecule has 0 aromatic rings. The van der Waals surface area contributed by atoms with Crippen LogP contribution in [0.3, 0.4) is 0 Å². The van der Waals surface area contributed by atoms with Crippen LogP contribution in [0.25, 0.3) is 0 Å². The number of amides is 1. The van der Waals surface area contributed by atoms with Crippen molar-refractivity contribution >= 4 is 21.9 Å². The Kier molecular flexibility index (Phi) is 6.80. The number of sulfonamides is 1. The lowest BCUT2D eigenvalue weighted by atomic mass is 9.95. The van der Waals surface area contributed by atoms with Gasteiger partial charge in [0, 0.05) is 13.1 Å². The third-order valence-corrected chi connectivity index (χ3v) is 6.14. The molecule has 1 amide bonds. The number of nitrogens with zero attached hydrogens (tertiary/aromatic N) is 1. The molecule has 0 aromatic carbocycles. The molecule has 128 valence electrons. The normalized spacial score (nSPS) is 22.8. The number of nitrogens with one attached hydrogen (secondary N) is 1. The lowest BCUT2D eigenvalue weighted by molar-refractivity contribution is -0.144. The van der Waals surface area contributed by atoms with Crippen LogP contribution in [-0.2, 0) is 19.6 Å². The maximum atomic E-state index is 12.3. The van der Waals surface area contributed by atoms with Crippen molar-refractivity contribution in [3.63, 3.8) is 0 Å². The third kappa shape index (κ3) is 4.67. The Morgan fingerprint density at radius 1 is 1.36 bits per heavy atom. The van der Waals surface area contributed by atoms with Crippen LogP contribution in [0.1, 0.15) is 40.0 Å². The van der Waals surface area contributed by atoms with Gasteiger partial charge in [-0.2, -0.15) is 0 Å². The average Bonchev–Trinajstić information content (AvgIpc) is 2.51. The molecule has 1 fully saturated rings. The van der Waals surface area contributed by atoms with Gasteiger partial charge in [0.25, 0.3) is 0 Å². The number of aliphatic carboxylic acids is 1. The van der Waals surface area contributed by atoms with E-state index in [1.165, 1.54) is 4.31 Å². The fourth-order valence-electron chi connectivity index (χ4n) is 2.55. The number of piperidine rings is 1. The van der Waals surface area contributed by atoms with Crippen LogP contribution in [0.2, 0.25) is 0 Å². The molecule has 1 rings (SSSR count). The first-order valence-electron chi connectivity index (χ1n) is 7.73. The Morgan fingerprint density at radius 2 is 2.00 bits per heavy atom. The third-order valence-electron chi connectivity index (χ3n) is 4.29. The second-order valence-electron chi connectivity index (χ2n) is 5.81. The van der Waals surface area contributed by atoms with E-state index in [0.717, 1.165) is 0 Å². The summed E-state index contributed by atoms with van der Waals surface area (Å²) in [5.41, 5.74) is 0. The van der Waals surface area contributed by atoms with E-state index in [-0.39, 0.29) is 24.1 Å². The second kappa shape index (κ2) is 7.92. The SMILES string of the molecule is CCC(C)C(NC(=O)C1CCCN(S(=O)(=O)CC)C1)C(=O)O. The number of hydrogen-bond acceptors (Lipinski definition) is 4. The Balaban J connectivity index is 2.74. The van der Waals surface area contributed by atoms with Gasteiger partial charge in [-0.25, -0.2) is 17.5 Å². The van der Waals surface area contributed by atoms with Gasteiger partial charge in [0.15, 0.2) is 0 Å². The van der Waals surface area contributed by atoms with Crippen LogP contribution in [0.5, 0.6) is 0 Å². The number of carboxylic acids is 1. The fraction of sp³-hybridized carbons (Fsp3) is 0.857. The van der Waals surface area contributed by atoms with Crippen molar-refractivity contribution in [1.82, 2.24) is 9.62 Å². The van der Waals surface area contributed by atoms with E-state index in [4.69, 9.17) is 0 Å². The van der Waals surface area contributed by atoms with Crippen molar-refractivity contribution in [2.45, 2.75) is 46.1 Å². The molecule has 0 spiro atoms. The van der Waals surface area contributed by atoms with Crippen LogP contribution in [0, 0.1) is 11.8 Å². The minimum absolute atomic E-state index is 0.00591. The van der Waals surface area contributed by atoms with Crippen LogP contribution in [-0.4, -0.2) is 54.6 Å². The van der Waals surface area contributed by atoms with Gasteiger partial charge in [-0.3, -0.25) is 4.79 Å². The molecule has 1 aliphatic heterocycles. The molecule has 1 heterocycles. The number of carbonyl (C=O) groups excluding carboxylic acids is 1. The molecular formula is C14H26N2O5S. The second-order valence-corrected chi connectivity index (χ2v) is 8.07. The van der Waals surface area contributed by atoms with E-state index < -0.39 is 28.0 Å². The van der Waals surface area contributed by atoms with Crippen LogP contribution < -0.4 is 5.32 Å². The highest BCUT2D eigenvalue weighted by molar-refractivity contribution is 7.89. The number of hydrogen-bond donors (Lipinski definition) is 2. The summed E-state index contributed by atoms with van der Waals surface area (Å²) in [5, 5.41) is 11.8. The number of rotatable bonds is 7. The molecule has 1 aliphatic rings. The minimum Gasteiger partial charge on any atom is -0.480 e. The van der Waals surface area contributed by atoms with Crippen molar-refractivity contribution < 1.29 is 23.1 Å². The van der Waals surface area contributed by atoms with E-state index in [1.54, 1.807) is 13.8 Å². The van der Waals surface area contributed by atoms with Crippen LogP contribution >= 0.6 is 0 Å². The van der Waals surface area contributed by atoms with Gasteiger partial charge >= 0.3 is 5.97 Å². The fourth-order valence-corrected chi connectivity index (χ4v) is 3.73. The standard InChI is InChI=1S/C14H26N2O5S/c1-4-10(3)12(14(18)19)15-13(17)11-7-6-8-16(9-11)22(20,21)5-2/h10-12H,4-9H2,1-3H3,(H,15,17)(H,18,19). The summed E-state index contributed by atoms with van der Waals surface area (Å²) in [6, 6.07) is -0.935. The Morgan fingerprint density at radius 3 is 2.50 bits per heavy atom. The van der Waals surface area contributed by atoms with Gasteiger partial charge in [-0.1, -0.05) is 20.3 Å². The molecule has 0 aliphatic carbocycles. The van der Waals surface area contributed by atoms with Crippen molar-refractivity contribution in [2.24, 2.45) is 11.8 Å². The smallest absolute Gasteiger partial charge is 0.326 e. The zero-order valence-electron chi connectivity index (χ0n) is 13.4. The van der Waals surface area contributed by atoms with Crippen molar-refractivity contribution in [3.8, 4) is 0 Å². The average molecular weight is 334 g/mol. The predicted molar refractivity (Wildman–Crippen MR) is 82.8 cm³/mol. The highest BCUT2D eigenvalue weighted by Crippen LogP contribution is 2.20. The molecule has 0 radical (unpaired) electrons. The number of carboxylic acid groups (broad SMARTS) is 1. The zero-order chi connectivity index (χ0) is 16.9. The predicted octanol–water partition coefficient (Wildman–Crippen LogP) is 0.664. The molecule has 0 saturated carbocycles. The Labute approximate surface area is 132 Å². The molecule has 3 atom stereocenters. The van der Waals surface area contributed by atoms with Gasteiger partial charge in [0.05, 0.1) is 11.7 Å². The molecule has 0 bridgehead atoms. The molecule has 8 heteroatoms. The molecule has 1 saturated heterocycles. The quantitative estimate of drug-likeness (QED) is 0.712.